The zero-order chi connectivity index (χ0) is 34.2. The van der Waals surface area contributed by atoms with Gasteiger partial charge in [-0.05, 0) is 62.1 Å². The highest BCUT2D eigenvalue weighted by Crippen LogP contribution is 2.46. The van der Waals surface area contributed by atoms with Crippen LogP contribution >= 0.6 is 0 Å². The molecule has 0 bridgehead atoms. The molecule has 13 nitrogen and oxygen atoms in total. The molecular formula is C33H45FN5O8S+. The molecule has 6 atom stereocenters. The Kier molecular flexibility index (Phi) is 9.83. The minimum atomic E-state index is -3.87. The molecule has 0 spiro atoms. The van der Waals surface area contributed by atoms with Crippen LogP contribution in [0.3, 0.4) is 0 Å². The molecule has 48 heavy (non-hydrogen) atoms. The molecule has 5 N–H and O–H groups in total. The largest absolute Gasteiger partial charge is 0.444 e. The summed E-state index contributed by atoms with van der Waals surface area (Å²) < 4.78 is 53.4. The van der Waals surface area contributed by atoms with Crippen molar-refractivity contribution in [1.29, 1.82) is 0 Å². The number of ether oxygens (including phenoxy) is 2. The number of fused-ring (bicyclic) bond motifs is 3. The number of sulfonamides is 1. The van der Waals surface area contributed by atoms with Gasteiger partial charge in [-0.3, -0.25) is 24.0 Å². The number of carbonyl (C=O) groups excluding carboxylic acids is 4. The highest BCUT2D eigenvalue weighted by Gasteiger charge is 2.62. The van der Waals surface area contributed by atoms with Gasteiger partial charge in [0.05, 0.1) is 24.4 Å². The van der Waals surface area contributed by atoms with Gasteiger partial charge in [0.2, 0.25) is 15.9 Å². The number of nitrogens with one attached hydrogen (secondary N) is 2. The van der Waals surface area contributed by atoms with Crippen molar-refractivity contribution in [3.05, 3.63) is 47.3 Å². The summed E-state index contributed by atoms with van der Waals surface area (Å²) in [6, 6.07) is 2.42. The van der Waals surface area contributed by atoms with Crippen molar-refractivity contribution >= 4 is 33.8 Å². The monoisotopic (exact) mass is 690 g/mol. The third kappa shape index (κ3) is 6.95. The summed E-state index contributed by atoms with van der Waals surface area (Å²) >= 11 is 0. The first-order chi connectivity index (χ1) is 22.9. The third-order valence-electron chi connectivity index (χ3n) is 10.3. The van der Waals surface area contributed by atoms with Crippen LogP contribution in [-0.4, -0.2) is 97.8 Å². The van der Waals surface area contributed by atoms with Crippen molar-refractivity contribution in [3.8, 4) is 0 Å². The Hall–Kier alpha value is -3.56. The van der Waals surface area contributed by atoms with E-state index in [0.29, 0.717) is 30.4 Å². The topological polar surface area (TPSA) is 179 Å². The summed E-state index contributed by atoms with van der Waals surface area (Å²) in [6.45, 7) is 0.254. The summed E-state index contributed by atoms with van der Waals surface area (Å²) in [5.74, 6) is -2.53. The minimum absolute atomic E-state index is 0.0252. The van der Waals surface area contributed by atoms with Crippen LogP contribution in [-0.2, 0) is 40.3 Å². The number of benzene rings is 1. The Morgan fingerprint density at radius 1 is 1.17 bits per heavy atom. The molecule has 1 saturated heterocycles. The fourth-order valence-corrected chi connectivity index (χ4v) is 8.63. The Morgan fingerprint density at radius 3 is 2.71 bits per heavy atom. The lowest BCUT2D eigenvalue weighted by Crippen LogP contribution is -2.69. The fraction of sp³-hybridized carbons (Fsp3) is 0.636. The van der Waals surface area contributed by atoms with E-state index in [1.165, 1.54) is 23.0 Å². The molecule has 262 valence electrons. The van der Waals surface area contributed by atoms with E-state index in [0.717, 1.165) is 25.7 Å². The van der Waals surface area contributed by atoms with Gasteiger partial charge in [0, 0.05) is 32.4 Å². The first-order valence-corrected chi connectivity index (χ1v) is 18.4. The summed E-state index contributed by atoms with van der Waals surface area (Å²) in [6.07, 6.45) is 7.50. The molecule has 3 fully saturated rings. The third-order valence-corrected chi connectivity index (χ3v) is 12.1. The second-order valence-electron chi connectivity index (χ2n) is 13.7. The van der Waals surface area contributed by atoms with Gasteiger partial charge >= 0.3 is 6.09 Å². The van der Waals surface area contributed by atoms with Gasteiger partial charge in [0.25, 0.3) is 11.8 Å². The first kappa shape index (κ1) is 34.3. The number of rotatable bonds is 6. The van der Waals surface area contributed by atoms with E-state index in [4.69, 9.17) is 9.47 Å². The van der Waals surface area contributed by atoms with Gasteiger partial charge in [-0.15, -0.1) is 0 Å². The SMILES string of the molecule is COCC1c2cccc(F)c2CCN1C(=O)O[C@@H]1C[C@H]2C(=O)N[C@]3(C(=O)NS(=O)(=O)C4CC4)C[C@H]3/C=C\CCCCC[C@H]([NH3+])C(=O)N2C1. The summed E-state index contributed by atoms with van der Waals surface area (Å²) in [7, 11) is -2.37. The average Bonchev–Trinajstić information content (AvgIpc) is 3.97. The fourth-order valence-electron chi connectivity index (χ4n) is 7.26. The Labute approximate surface area is 279 Å². The van der Waals surface area contributed by atoms with Crippen LogP contribution in [0.1, 0.15) is 75.0 Å². The molecule has 3 heterocycles. The number of carbonyl (C=O) groups is 4. The standard InChI is InChI=1S/C33H44FN5O8S/c1-46-19-28-24-9-7-10-25(34)23(24)14-15-38(28)32(43)47-21-16-27-29(40)36-33(31(42)37-48(44,45)22-12-13-22)17-20(33)8-5-3-2-4-6-11-26(35)30(41)39(27)18-21/h5,7-10,20-22,26-28H,2-4,6,11-19,35H2,1H3,(H,36,40)(H,37,42)/p+1/b8-5-/t20-,21-,26+,27+,28?,33-/m1/s1. The van der Waals surface area contributed by atoms with E-state index < -0.39 is 68.9 Å². The number of allylic oxidation sites excluding steroid dienone is 1. The first-order valence-electron chi connectivity index (χ1n) is 16.9. The highest BCUT2D eigenvalue weighted by molar-refractivity contribution is 7.91. The van der Waals surface area contributed by atoms with Crippen molar-refractivity contribution < 1.29 is 47.2 Å². The van der Waals surface area contributed by atoms with E-state index in [-0.39, 0.29) is 50.7 Å². The summed E-state index contributed by atoms with van der Waals surface area (Å²) in [5.41, 5.74) is 3.75. The smallest absolute Gasteiger partial charge is 0.410 e. The molecule has 4 amide bonds. The van der Waals surface area contributed by atoms with E-state index >= 15 is 0 Å². The van der Waals surface area contributed by atoms with Crippen molar-refractivity contribution in [1.82, 2.24) is 19.8 Å². The van der Waals surface area contributed by atoms with Gasteiger partial charge in [-0.2, -0.15) is 0 Å². The van der Waals surface area contributed by atoms with Crippen LogP contribution in [0.25, 0.3) is 0 Å². The Morgan fingerprint density at radius 2 is 1.96 bits per heavy atom. The van der Waals surface area contributed by atoms with Crippen LogP contribution in [0, 0.1) is 11.7 Å². The molecule has 1 aromatic rings. The van der Waals surface area contributed by atoms with Crippen molar-refractivity contribution in [2.24, 2.45) is 5.92 Å². The van der Waals surface area contributed by atoms with Crippen LogP contribution in [0.5, 0.6) is 0 Å². The van der Waals surface area contributed by atoms with Crippen LogP contribution < -0.4 is 15.8 Å². The Bertz CT molecular complexity index is 1590. The van der Waals surface area contributed by atoms with E-state index in [1.54, 1.807) is 12.1 Å². The number of hydrogen-bond donors (Lipinski definition) is 3. The zero-order valence-corrected chi connectivity index (χ0v) is 28.0. The van der Waals surface area contributed by atoms with E-state index in [9.17, 15) is 32.0 Å². The van der Waals surface area contributed by atoms with Crippen molar-refractivity contribution in [2.45, 2.75) is 99.2 Å². The molecule has 1 aromatic carbocycles. The maximum absolute atomic E-state index is 14.6. The van der Waals surface area contributed by atoms with Crippen molar-refractivity contribution in [2.75, 3.05) is 26.8 Å². The lowest BCUT2D eigenvalue weighted by molar-refractivity contribution is -0.407. The predicted molar refractivity (Wildman–Crippen MR) is 170 cm³/mol. The van der Waals surface area contributed by atoms with Crippen LogP contribution in [0.2, 0.25) is 0 Å². The molecule has 1 unspecified atom stereocenters. The van der Waals surface area contributed by atoms with E-state index in [1.807, 2.05) is 12.2 Å². The lowest BCUT2D eigenvalue weighted by atomic mass is 9.93. The molecule has 6 rings (SSSR count). The lowest BCUT2D eigenvalue weighted by Gasteiger charge is -2.36. The van der Waals surface area contributed by atoms with Crippen molar-refractivity contribution in [3.63, 3.8) is 0 Å². The second kappa shape index (κ2) is 13.7. The number of halogens is 1. The molecule has 15 heteroatoms. The van der Waals surface area contributed by atoms with Crippen LogP contribution in [0.15, 0.2) is 30.4 Å². The number of amides is 4. The Balaban J connectivity index is 1.22. The maximum Gasteiger partial charge on any atom is 0.410 e. The molecule has 2 saturated carbocycles. The molecule has 2 aliphatic carbocycles. The molecule has 0 radical (unpaired) electrons. The normalized spacial score (nSPS) is 31.7. The predicted octanol–water partition coefficient (Wildman–Crippen LogP) is 1.09. The molecule has 5 aliphatic rings. The van der Waals surface area contributed by atoms with Gasteiger partial charge in [-0.25, -0.2) is 17.6 Å². The molecule has 3 aliphatic heterocycles. The molecular weight excluding hydrogens is 645 g/mol. The number of methoxy groups -OCH3 is 1. The molecule has 0 aromatic heterocycles. The summed E-state index contributed by atoms with van der Waals surface area (Å²) in [5, 5.41) is 2.20. The van der Waals surface area contributed by atoms with Gasteiger partial charge in [-0.1, -0.05) is 30.7 Å². The number of hydrogen-bond acceptors (Lipinski definition) is 8. The quantitative estimate of drug-likeness (QED) is 0.372. The van der Waals surface area contributed by atoms with Gasteiger partial charge in [0.1, 0.15) is 23.5 Å². The minimum Gasteiger partial charge on any atom is -0.444 e. The second-order valence-corrected chi connectivity index (χ2v) is 15.6. The number of quaternary nitrogens is 1. The van der Waals surface area contributed by atoms with E-state index in [2.05, 4.69) is 15.8 Å². The average molecular weight is 691 g/mol. The maximum atomic E-state index is 14.6. The van der Waals surface area contributed by atoms with Gasteiger partial charge in [0.15, 0.2) is 6.04 Å². The van der Waals surface area contributed by atoms with Gasteiger partial charge < -0.3 is 25.4 Å². The van der Waals surface area contributed by atoms with Crippen LogP contribution in [0.4, 0.5) is 9.18 Å². The zero-order valence-electron chi connectivity index (χ0n) is 27.2. The highest BCUT2D eigenvalue weighted by atomic mass is 32.2. The summed E-state index contributed by atoms with van der Waals surface area (Å²) in [4.78, 5) is 57.7. The number of nitrogens with zero attached hydrogens (tertiary/aromatic N) is 2.